The van der Waals surface area contributed by atoms with Gasteiger partial charge in [-0.1, -0.05) is 12.1 Å². The first-order valence-electron chi connectivity index (χ1n) is 8.71. The standard InChI is InChI=1S/C18H18N6O3S/c1-12(25)19-14-5-9-17(10-6-14)28(26,27)21-15-4-2-3-13(11-15)18-20-22-23-24(18)16-7-8-16/h2-6,9-11,16,21H,7-8H2,1H3,(H,19,25). The van der Waals surface area contributed by atoms with E-state index in [1.165, 1.54) is 31.2 Å². The smallest absolute Gasteiger partial charge is 0.261 e. The Morgan fingerprint density at radius 2 is 1.86 bits per heavy atom. The van der Waals surface area contributed by atoms with E-state index in [-0.39, 0.29) is 10.8 Å². The summed E-state index contributed by atoms with van der Waals surface area (Å²) in [6.07, 6.45) is 2.08. The predicted octanol–water partition coefficient (Wildman–Crippen LogP) is 2.43. The van der Waals surface area contributed by atoms with Crippen LogP contribution in [0.3, 0.4) is 0 Å². The fourth-order valence-corrected chi connectivity index (χ4v) is 3.85. The number of nitrogens with zero attached hydrogens (tertiary/aromatic N) is 4. The van der Waals surface area contributed by atoms with Crippen molar-refractivity contribution in [1.29, 1.82) is 0 Å². The summed E-state index contributed by atoms with van der Waals surface area (Å²) in [6, 6.07) is 13.2. The molecule has 28 heavy (non-hydrogen) atoms. The molecule has 0 spiro atoms. The topological polar surface area (TPSA) is 119 Å². The van der Waals surface area contributed by atoms with Crippen LogP contribution < -0.4 is 10.0 Å². The molecule has 4 rings (SSSR count). The summed E-state index contributed by atoms with van der Waals surface area (Å²) >= 11 is 0. The summed E-state index contributed by atoms with van der Waals surface area (Å²) in [6.45, 7) is 1.39. The van der Waals surface area contributed by atoms with E-state index in [1.54, 1.807) is 22.9 Å². The van der Waals surface area contributed by atoms with Crippen LogP contribution in [-0.4, -0.2) is 34.5 Å². The van der Waals surface area contributed by atoms with Gasteiger partial charge in [0, 0.05) is 23.9 Å². The molecular formula is C18H18N6O3S. The van der Waals surface area contributed by atoms with Crippen molar-refractivity contribution in [3.8, 4) is 11.4 Å². The highest BCUT2D eigenvalue weighted by atomic mass is 32.2. The van der Waals surface area contributed by atoms with Crippen molar-refractivity contribution in [3.63, 3.8) is 0 Å². The van der Waals surface area contributed by atoms with Crippen molar-refractivity contribution in [1.82, 2.24) is 20.2 Å². The van der Waals surface area contributed by atoms with Crippen LogP contribution in [0, 0.1) is 0 Å². The van der Waals surface area contributed by atoms with E-state index >= 15 is 0 Å². The summed E-state index contributed by atoms with van der Waals surface area (Å²) in [5.74, 6) is 0.391. The van der Waals surface area contributed by atoms with Crippen molar-refractivity contribution in [2.24, 2.45) is 0 Å². The Morgan fingerprint density at radius 1 is 1.11 bits per heavy atom. The van der Waals surface area contributed by atoms with Crippen LogP contribution in [0.2, 0.25) is 0 Å². The molecule has 1 aliphatic rings. The molecule has 0 saturated heterocycles. The first kappa shape index (κ1) is 18.1. The molecule has 0 aliphatic heterocycles. The molecule has 3 aromatic rings. The largest absolute Gasteiger partial charge is 0.326 e. The number of aromatic nitrogens is 4. The van der Waals surface area contributed by atoms with Gasteiger partial charge < -0.3 is 5.32 Å². The number of benzene rings is 2. The Hall–Kier alpha value is -3.27. The number of hydrogen-bond acceptors (Lipinski definition) is 6. The molecule has 9 nitrogen and oxygen atoms in total. The first-order chi connectivity index (χ1) is 13.4. The lowest BCUT2D eigenvalue weighted by molar-refractivity contribution is -0.114. The normalized spacial score (nSPS) is 13.9. The third-order valence-corrected chi connectivity index (χ3v) is 5.64. The van der Waals surface area contributed by atoms with Gasteiger partial charge in [-0.05, 0) is 59.7 Å². The van der Waals surface area contributed by atoms with E-state index in [1.807, 2.05) is 6.07 Å². The number of hydrogen-bond donors (Lipinski definition) is 2. The van der Waals surface area contributed by atoms with Gasteiger partial charge in [0.25, 0.3) is 10.0 Å². The van der Waals surface area contributed by atoms with E-state index in [0.717, 1.165) is 18.4 Å². The van der Waals surface area contributed by atoms with E-state index in [4.69, 9.17) is 0 Å². The van der Waals surface area contributed by atoms with Crippen molar-refractivity contribution in [2.45, 2.75) is 30.7 Å². The molecule has 1 amide bonds. The third kappa shape index (κ3) is 3.86. The van der Waals surface area contributed by atoms with Gasteiger partial charge in [-0.25, -0.2) is 13.1 Å². The highest BCUT2D eigenvalue weighted by Crippen LogP contribution is 2.36. The molecule has 0 unspecified atom stereocenters. The Kier molecular flexibility index (Phi) is 4.55. The van der Waals surface area contributed by atoms with Crippen molar-refractivity contribution in [3.05, 3.63) is 48.5 Å². The van der Waals surface area contributed by atoms with E-state index in [9.17, 15) is 13.2 Å². The molecule has 2 N–H and O–H groups in total. The SMILES string of the molecule is CC(=O)Nc1ccc(S(=O)(=O)Nc2cccc(-c3nnnn3C3CC3)c2)cc1. The van der Waals surface area contributed by atoms with Crippen LogP contribution in [0.1, 0.15) is 25.8 Å². The lowest BCUT2D eigenvalue weighted by atomic mass is 10.2. The number of nitrogens with one attached hydrogen (secondary N) is 2. The minimum absolute atomic E-state index is 0.0924. The number of sulfonamides is 1. The molecule has 1 aliphatic carbocycles. The van der Waals surface area contributed by atoms with Gasteiger partial charge in [0.2, 0.25) is 5.91 Å². The molecule has 1 heterocycles. The molecular weight excluding hydrogens is 380 g/mol. The Balaban J connectivity index is 1.56. The van der Waals surface area contributed by atoms with Gasteiger partial charge in [0.05, 0.1) is 10.9 Å². The highest BCUT2D eigenvalue weighted by molar-refractivity contribution is 7.92. The summed E-state index contributed by atoms with van der Waals surface area (Å²) in [7, 11) is -3.78. The second kappa shape index (κ2) is 7.04. The summed E-state index contributed by atoms with van der Waals surface area (Å²) in [5.41, 5.74) is 1.67. The van der Waals surface area contributed by atoms with Gasteiger partial charge in [0.1, 0.15) is 0 Å². The van der Waals surface area contributed by atoms with Gasteiger partial charge in [-0.15, -0.1) is 5.10 Å². The maximum Gasteiger partial charge on any atom is 0.261 e. The van der Waals surface area contributed by atoms with Crippen molar-refractivity contribution < 1.29 is 13.2 Å². The number of amides is 1. The number of rotatable bonds is 6. The number of tetrazole rings is 1. The highest BCUT2D eigenvalue weighted by Gasteiger charge is 2.28. The quantitative estimate of drug-likeness (QED) is 0.658. The monoisotopic (exact) mass is 398 g/mol. The Labute approximate surface area is 161 Å². The predicted molar refractivity (Wildman–Crippen MR) is 103 cm³/mol. The Bertz CT molecular complexity index is 1120. The van der Waals surface area contributed by atoms with Crippen molar-refractivity contribution >= 4 is 27.3 Å². The van der Waals surface area contributed by atoms with E-state index in [2.05, 4.69) is 25.6 Å². The van der Waals surface area contributed by atoms with Gasteiger partial charge >= 0.3 is 0 Å². The van der Waals surface area contributed by atoms with Gasteiger partial charge in [-0.2, -0.15) is 0 Å². The second-order valence-electron chi connectivity index (χ2n) is 6.57. The van der Waals surface area contributed by atoms with Crippen LogP contribution in [-0.2, 0) is 14.8 Å². The number of anilines is 2. The number of carbonyl (C=O) groups excluding carboxylic acids is 1. The van der Waals surface area contributed by atoms with Crippen molar-refractivity contribution in [2.75, 3.05) is 10.0 Å². The summed E-state index contributed by atoms with van der Waals surface area (Å²) in [4.78, 5) is 11.2. The molecule has 144 valence electrons. The molecule has 1 aromatic heterocycles. The zero-order chi connectivity index (χ0) is 19.7. The van der Waals surface area contributed by atoms with E-state index < -0.39 is 10.0 Å². The zero-order valence-corrected chi connectivity index (χ0v) is 15.8. The maximum atomic E-state index is 12.7. The zero-order valence-electron chi connectivity index (χ0n) is 15.0. The molecule has 0 atom stereocenters. The van der Waals surface area contributed by atoms with Crippen LogP contribution in [0.15, 0.2) is 53.4 Å². The molecule has 1 fully saturated rings. The van der Waals surface area contributed by atoms with Crippen LogP contribution in [0.5, 0.6) is 0 Å². The molecule has 0 radical (unpaired) electrons. The average molecular weight is 398 g/mol. The minimum Gasteiger partial charge on any atom is -0.326 e. The van der Waals surface area contributed by atoms with Crippen LogP contribution in [0.25, 0.3) is 11.4 Å². The fourth-order valence-electron chi connectivity index (χ4n) is 2.81. The Morgan fingerprint density at radius 3 is 2.54 bits per heavy atom. The second-order valence-corrected chi connectivity index (χ2v) is 8.25. The summed E-state index contributed by atoms with van der Waals surface area (Å²) in [5, 5.41) is 14.4. The first-order valence-corrected chi connectivity index (χ1v) is 10.2. The molecule has 10 heteroatoms. The maximum absolute atomic E-state index is 12.7. The average Bonchev–Trinajstić information content (AvgIpc) is 3.38. The van der Waals surface area contributed by atoms with Crippen LogP contribution >= 0.6 is 0 Å². The third-order valence-electron chi connectivity index (χ3n) is 4.24. The van der Waals surface area contributed by atoms with Crippen LogP contribution in [0.4, 0.5) is 11.4 Å². The lowest BCUT2D eigenvalue weighted by Crippen LogP contribution is -2.13. The van der Waals surface area contributed by atoms with Gasteiger partial charge in [-0.3, -0.25) is 9.52 Å². The molecule has 1 saturated carbocycles. The van der Waals surface area contributed by atoms with E-state index in [0.29, 0.717) is 23.2 Å². The minimum atomic E-state index is -3.78. The molecule has 2 aromatic carbocycles. The lowest BCUT2D eigenvalue weighted by Gasteiger charge is -2.10. The number of carbonyl (C=O) groups is 1. The fraction of sp³-hybridized carbons (Fsp3) is 0.222. The molecule has 0 bridgehead atoms. The van der Waals surface area contributed by atoms with Gasteiger partial charge in [0.15, 0.2) is 5.82 Å². The summed E-state index contributed by atoms with van der Waals surface area (Å²) < 4.78 is 29.7.